The maximum atomic E-state index is 13.1. The van der Waals surface area contributed by atoms with E-state index in [1.54, 1.807) is 30.5 Å². The average molecular weight is 594 g/mol. The third kappa shape index (κ3) is 8.62. The van der Waals surface area contributed by atoms with Crippen molar-refractivity contribution in [1.82, 2.24) is 15.6 Å². The van der Waals surface area contributed by atoms with Gasteiger partial charge in [0.2, 0.25) is 0 Å². The standard InChI is InChI=1S/C28H31ClF3N5O2S/c1-4-37(5-2)12-11-33-15-19-7-6-8-21(13-19)25(38)35-27-24(18(3)17-40-27)26(39)36-34-16-20-9-10-23(29)22(14-20)28(30,31)32/h6-10,13-14,16-17,33H,4-5,11-12,15H2,1-3H3,(H,35,38)(H,36,39)/b34-16-. The normalized spacial score (nSPS) is 11.8. The van der Waals surface area contributed by atoms with Crippen LogP contribution in [-0.2, 0) is 12.7 Å². The Balaban J connectivity index is 1.63. The number of likely N-dealkylation sites (N-methyl/N-ethyl adjacent to an activating group) is 1. The third-order valence-corrected chi connectivity index (χ3v) is 7.47. The summed E-state index contributed by atoms with van der Waals surface area (Å²) in [5.41, 5.74) is 3.66. The second-order valence-electron chi connectivity index (χ2n) is 8.92. The molecule has 12 heteroatoms. The molecule has 3 aromatic rings. The van der Waals surface area contributed by atoms with Crippen LogP contribution in [0.25, 0.3) is 0 Å². The van der Waals surface area contributed by atoms with Crippen molar-refractivity contribution in [2.24, 2.45) is 5.10 Å². The van der Waals surface area contributed by atoms with E-state index in [0.29, 0.717) is 22.7 Å². The number of halogens is 4. The van der Waals surface area contributed by atoms with Gasteiger partial charge in [0.25, 0.3) is 11.8 Å². The van der Waals surface area contributed by atoms with Gasteiger partial charge in [-0.05, 0) is 66.3 Å². The SMILES string of the molecule is CCN(CC)CCNCc1cccc(C(=O)Nc2scc(C)c2C(=O)N/N=C\c2ccc(Cl)c(C(F)(F)F)c2)c1. The van der Waals surface area contributed by atoms with Gasteiger partial charge in [-0.3, -0.25) is 9.59 Å². The van der Waals surface area contributed by atoms with Crippen molar-refractivity contribution in [1.29, 1.82) is 0 Å². The number of carbonyl (C=O) groups excluding carboxylic acids is 2. The summed E-state index contributed by atoms with van der Waals surface area (Å²) in [6.45, 7) is 10.3. The zero-order valence-corrected chi connectivity index (χ0v) is 23.9. The van der Waals surface area contributed by atoms with Crippen LogP contribution in [0.4, 0.5) is 18.2 Å². The van der Waals surface area contributed by atoms with Crippen LogP contribution in [-0.4, -0.2) is 49.1 Å². The molecule has 1 aromatic heterocycles. The minimum absolute atomic E-state index is 0.106. The van der Waals surface area contributed by atoms with Crippen molar-refractivity contribution in [3.05, 3.63) is 86.2 Å². The molecule has 0 atom stereocenters. The highest BCUT2D eigenvalue weighted by molar-refractivity contribution is 7.15. The number of amides is 2. The Bertz CT molecular complexity index is 1360. The maximum Gasteiger partial charge on any atom is 0.417 e. The first kappa shape index (κ1) is 31.3. The van der Waals surface area contributed by atoms with Crippen molar-refractivity contribution in [3.63, 3.8) is 0 Å². The first-order valence-corrected chi connectivity index (χ1v) is 13.9. The van der Waals surface area contributed by atoms with Crippen LogP contribution in [0, 0.1) is 6.92 Å². The molecule has 1 heterocycles. The number of alkyl halides is 3. The largest absolute Gasteiger partial charge is 0.417 e. The van der Waals surface area contributed by atoms with Crippen molar-refractivity contribution in [2.45, 2.75) is 33.5 Å². The van der Waals surface area contributed by atoms with Gasteiger partial charge >= 0.3 is 6.18 Å². The van der Waals surface area contributed by atoms with E-state index in [9.17, 15) is 22.8 Å². The number of carbonyl (C=O) groups is 2. The van der Waals surface area contributed by atoms with Crippen molar-refractivity contribution >= 4 is 46.0 Å². The third-order valence-electron chi connectivity index (χ3n) is 6.12. The Hall–Kier alpha value is -3.25. The van der Waals surface area contributed by atoms with Gasteiger partial charge in [0.15, 0.2) is 0 Å². The van der Waals surface area contributed by atoms with Crippen LogP contribution in [0.15, 0.2) is 52.9 Å². The van der Waals surface area contributed by atoms with Gasteiger partial charge in [-0.25, -0.2) is 5.43 Å². The van der Waals surface area contributed by atoms with E-state index in [4.69, 9.17) is 11.6 Å². The first-order valence-electron chi connectivity index (χ1n) is 12.6. The number of hydrogen-bond donors (Lipinski definition) is 3. The number of nitrogens with one attached hydrogen (secondary N) is 3. The highest BCUT2D eigenvalue weighted by Gasteiger charge is 2.33. The minimum atomic E-state index is -4.62. The van der Waals surface area contributed by atoms with Crippen LogP contribution in [0.3, 0.4) is 0 Å². The summed E-state index contributed by atoms with van der Waals surface area (Å²) in [4.78, 5) is 28.2. The van der Waals surface area contributed by atoms with Gasteiger partial charge < -0.3 is 15.5 Å². The summed E-state index contributed by atoms with van der Waals surface area (Å²) >= 11 is 6.83. The second-order valence-corrected chi connectivity index (χ2v) is 10.2. The Morgan fingerprint density at radius 2 is 1.85 bits per heavy atom. The molecule has 2 aromatic carbocycles. The molecular formula is C28H31ClF3N5O2S. The Morgan fingerprint density at radius 1 is 1.10 bits per heavy atom. The fraction of sp³-hybridized carbons (Fsp3) is 0.321. The molecule has 3 N–H and O–H groups in total. The topological polar surface area (TPSA) is 85.8 Å². The monoisotopic (exact) mass is 593 g/mol. The van der Waals surface area contributed by atoms with E-state index in [1.807, 2.05) is 6.07 Å². The lowest BCUT2D eigenvalue weighted by atomic mass is 10.1. The molecule has 0 aliphatic rings. The van der Waals surface area contributed by atoms with E-state index in [1.165, 1.54) is 17.4 Å². The zero-order chi connectivity index (χ0) is 29.3. The molecule has 0 radical (unpaired) electrons. The number of hydrazone groups is 1. The molecule has 0 spiro atoms. The van der Waals surface area contributed by atoms with Gasteiger partial charge in [-0.2, -0.15) is 18.3 Å². The van der Waals surface area contributed by atoms with Crippen molar-refractivity contribution < 1.29 is 22.8 Å². The molecule has 40 heavy (non-hydrogen) atoms. The summed E-state index contributed by atoms with van der Waals surface area (Å²) < 4.78 is 39.3. The summed E-state index contributed by atoms with van der Waals surface area (Å²) in [5.74, 6) is -0.980. The molecule has 0 aliphatic carbocycles. The Morgan fingerprint density at radius 3 is 2.55 bits per heavy atom. The van der Waals surface area contributed by atoms with E-state index < -0.39 is 22.7 Å². The lowest BCUT2D eigenvalue weighted by Crippen LogP contribution is -2.31. The van der Waals surface area contributed by atoms with E-state index in [0.717, 1.165) is 50.1 Å². The highest BCUT2D eigenvalue weighted by atomic mass is 35.5. The zero-order valence-electron chi connectivity index (χ0n) is 22.4. The molecule has 2 amide bonds. The summed E-state index contributed by atoms with van der Waals surface area (Å²) in [6, 6.07) is 10.5. The number of anilines is 1. The van der Waals surface area contributed by atoms with Gasteiger partial charge in [-0.15, -0.1) is 11.3 Å². The highest BCUT2D eigenvalue weighted by Crippen LogP contribution is 2.35. The van der Waals surface area contributed by atoms with E-state index >= 15 is 0 Å². The lowest BCUT2D eigenvalue weighted by molar-refractivity contribution is -0.137. The van der Waals surface area contributed by atoms with Crippen LogP contribution >= 0.6 is 22.9 Å². The van der Waals surface area contributed by atoms with E-state index in [-0.39, 0.29) is 17.0 Å². The lowest BCUT2D eigenvalue weighted by Gasteiger charge is -2.18. The number of nitrogens with zero attached hydrogens (tertiary/aromatic N) is 2. The summed E-state index contributed by atoms with van der Waals surface area (Å²) in [5, 5.41) is 11.6. The smallest absolute Gasteiger partial charge is 0.313 e. The molecule has 0 aliphatic heterocycles. The molecule has 0 fully saturated rings. The number of benzene rings is 2. The minimum Gasteiger partial charge on any atom is -0.313 e. The van der Waals surface area contributed by atoms with Crippen LogP contribution < -0.4 is 16.1 Å². The van der Waals surface area contributed by atoms with Gasteiger partial charge in [0, 0.05) is 25.2 Å². The van der Waals surface area contributed by atoms with Gasteiger partial charge in [0.1, 0.15) is 5.00 Å². The molecule has 0 saturated carbocycles. The predicted molar refractivity (Wildman–Crippen MR) is 154 cm³/mol. The Kier molecular flexibility index (Phi) is 11.3. The second kappa shape index (κ2) is 14.4. The fourth-order valence-corrected chi connectivity index (χ4v) is 5.05. The van der Waals surface area contributed by atoms with Gasteiger partial charge in [0.05, 0.1) is 22.4 Å². The number of hydrogen-bond acceptors (Lipinski definition) is 6. The number of thiophene rings is 1. The van der Waals surface area contributed by atoms with Crippen molar-refractivity contribution in [2.75, 3.05) is 31.5 Å². The Labute approximate surface area is 240 Å². The quantitative estimate of drug-likeness (QED) is 0.133. The van der Waals surface area contributed by atoms with Crippen LogP contribution in [0.1, 0.15) is 56.8 Å². The fourth-order valence-electron chi connectivity index (χ4n) is 3.89. The predicted octanol–water partition coefficient (Wildman–Crippen LogP) is 6.18. The molecule has 0 unspecified atom stereocenters. The van der Waals surface area contributed by atoms with E-state index in [2.05, 4.69) is 39.9 Å². The number of rotatable bonds is 12. The molecule has 7 nitrogen and oxygen atoms in total. The number of aryl methyl sites for hydroxylation is 1. The molecule has 214 valence electrons. The average Bonchev–Trinajstić information content (AvgIpc) is 3.28. The maximum absolute atomic E-state index is 13.1. The van der Waals surface area contributed by atoms with Crippen molar-refractivity contribution in [3.8, 4) is 0 Å². The van der Waals surface area contributed by atoms with Crippen LogP contribution in [0.2, 0.25) is 5.02 Å². The first-order chi connectivity index (χ1) is 19.0. The molecule has 0 saturated heterocycles. The summed E-state index contributed by atoms with van der Waals surface area (Å²) in [6.07, 6.45) is -3.53. The molecule has 0 bridgehead atoms. The molecular weight excluding hydrogens is 563 g/mol. The molecule has 3 rings (SSSR count). The summed E-state index contributed by atoms with van der Waals surface area (Å²) in [7, 11) is 0. The van der Waals surface area contributed by atoms with Crippen LogP contribution in [0.5, 0.6) is 0 Å². The van der Waals surface area contributed by atoms with Gasteiger partial charge in [-0.1, -0.05) is 43.6 Å².